The standard InChI is InChI=1S/C7H14N4O2S2/c1-3-9-5(2)6-4-14-7(10-6)11-15(8,12)13/h4-5,9H,3H2,1-2H3,(H,10,11)(H2,8,12,13). The van der Waals surface area contributed by atoms with E-state index < -0.39 is 10.2 Å². The number of nitrogens with one attached hydrogen (secondary N) is 2. The predicted octanol–water partition coefficient (Wildman–Crippen LogP) is 0.429. The number of anilines is 1. The summed E-state index contributed by atoms with van der Waals surface area (Å²) in [4.78, 5) is 4.10. The van der Waals surface area contributed by atoms with Gasteiger partial charge < -0.3 is 5.32 Å². The molecule has 0 fully saturated rings. The van der Waals surface area contributed by atoms with Crippen LogP contribution < -0.4 is 15.2 Å². The zero-order chi connectivity index (χ0) is 11.5. The molecule has 0 aliphatic rings. The summed E-state index contributed by atoms with van der Waals surface area (Å²) in [7, 11) is -3.72. The van der Waals surface area contributed by atoms with Gasteiger partial charge in [0.05, 0.1) is 5.69 Å². The van der Waals surface area contributed by atoms with E-state index in [9.17, 15) is 8.42 Å². The number of hydrogen-bond donors (Lipinski definition) is 3. The third-order valence-electron chi connectivity index (χ3n) is 1.71. The number of hydrogen-bond acceptors (Lipinski definition) is 5. The molecule has 0 aromatic carbocycles. The molecule has 86 valence electrons. The van der Waals surface area contributed by atoms with Crippen molar-refractivity contribution in [3.05, 3.63) is 11.1 Å². The Morgan fingerprint density at radius 1 is 1.67 bits per heavy atom. The molecule has 6 nitrogen and oxygen atoms in total. The van der Waals surface area contributed by atoms with Gasteiger partial charge in [0.25, 0.3) is 10.2 Å². The van der Waals surface area contributed by atoms with Gasteiger partial charge in [-0.25, -0.2) is 14.8 Å². The first-order valence-corrected chi connectivity index (χ1v) is 6.84. The molecular formula is C7H14N4O2S2. The maximum absolute atomic E-state index is 10.7. The molecule has 1 aromatic rings. The Kier molecular flexibility index (Phi) is 4.03. The molecule has 4 N–H and O–H groups in total. The lowest BCUT2D eigenvalue weighted by Gasteiger charge is -2.08. The molecule has 0 spiro atoms. The largest absolute Gasteiger partial charge is 0.309 e. The normalized spacial score (nSPS) is 13.8. The maximum Gasteiger partial charge on any atom is 0.298 e. The van der Waals surface area contributed by atoms with Crippen LogP contribution in [0.25, 0.3) is 0 Å². The van der Waals surface area contributed by atoms with Crippen molar-refractivity contribution < 1.29 is 8.42 Å². The summed E-state index contributed by atoms with van der Waals surface area (Å²) in [6.07, 6.45) is 0. The molecule has 0 saturated heterocycles. The minimum atomic E-state index is -3.72. The molecule has 0 saturated carbocycles. The van der Waals surface area contributed by atoms with Crippen LogP contribution in [0.2, 0.25) is 0 Å². The fourth-order valence-electron chi connectivity index (χ4n) is 1.06. The van der Waals surface area contributed by atoms with Crippen molar-refractivity contribution in [2.75, 3.05) is 11.3 Å². The second-order valence-corrected chi connectivity index (χ2v) is 5.16. The van der Waals surface area contributed by atoms with Crippen LogP contribution in [0.3, 0.4) is 0 Å². The smallest absolute Gasteiger partial charge is 0.298 e. The van der Waals surface area contributed by atoms with Crippen LogP contribution in [0, 0.1) is 0 Å². The Balaban J connectivity index is 2.72. The summed E-state index contributed by atoms with van der Waals surface area (Å²) < 4.78 is 23.6. The fourth-order valence-corrected chi connectivity index (χ4v) is 2.54. The maximum atomic E-state index is 10.7. The highest BCUT2D eigenvalue weighted by atomic mass is 32.2. The average Bonchev–Trinajstić information content (AvgIpc) is 2.50. The molecule has 1 heterocycles. The van der Waals surface area contributed by atoms with Gasteiger partial charge in [0.1, 0.15) is 0 Å². The highest BCUT2D eigenvalue weighted by molar-refractivity contribution is 7.90. The molecule has 1 atom stereocenters. The molecule has 0 bridgehead atoms. The van der Waals surface area contributed by atoms with Crippen molar-refractivity contribution in [2.24, 2.45) is 5.14 Å². The summed E-state index contributed by atoms with van der Waals surface area (Å²) in [5, 5.41) is 10.1. The Hall–Kier alpha value is -0.700. The average molecular weight is 250 g/mol. The van der Waals surface area contributed by atoms with E-state index in [0.717, 1.165) is 12.2 Å². The van der Waals surface area contributed by atoms with E-state index in [0.29, 0.717) is 0 Å². The van der Waals surface area contributed by atoms with E-state index in [2.05, 4.69) is 15.0 Å². The second kappa shape index (κ2) is 4.88. The van der Waals surface area contributed by atoms with Gasteiger partial charge in [-0.05, 0) is 13.5 Å². The van der Waals surface area contributed by atoms with Crippen molar-refractivity contribution in [1.29, 1.82) is 0 Å². The number of aromatic nitrogens is 1. The third-order valence-corrected chi connectivity index (χ3v) is 3.09. The summed E-state index contributed by atoms with van der Waals surface area (Å²) in [6, 6.07) is 0.0993. The van der Waals surface area contributed by atoms with Gasteiger partial charge in [-0.3, -0.25) is 0 Å². The van der Waals surface area contributed by atoms with Gasteiger partial charge in [0, 0.05) is 11.4 Å². The van der Waals surface area contributed by atoms with Crippen LogP contribution in [0.5, 0.6) is 0 Å². The van der Waals surface area contributed by atoms with Gasteiger partial charge in [0.2, 0.25) is 0 Å². The van der Waals surface area contributed by atoms with Gasteiger partial charge >= 0.3 is 0 Å². The number of nitrogens with zero attached hydrogens (tertiary/aromatic N) is 1. The number of thiazole rings is 1. The van der Waals surface area contributed by atoms with Crippen molar-refractivity contribution in [3.63, 3.8) is 0 Å². The monoisotopic (exact) mass is 250 g/mol. The first-order chi connectivity index (χ1) is 6.92. The summed E-state index contributed by atoms with van der Waals surface area (Å²) in [5.41, 5.74) is 0.799. The zero-order valence-corrected chi connectivity index (χ0v) is 10.2. The van der Waals surface area contributed by atoms with Crippen LogP contribution in [0.4, 0.5) is 5.13 Å². The van der Waals surface area contributed by atoms with E-state index in [1.165, 1.54) is 11.3 Å². The minimum Gasteiger partial charge on any atom is -0.309 e. The van der Waals surface area contributed by atoms with Crippen LogP contribution in [0.1, 0.15) is 25.6 Å². The number of nitrogens with two attached hydrogens (primary N) is 1. The predicted molar refractivity (Wildman–Crippen MR) is 60.9 cm³/mol. The fraction of sp³-hybridized carbons (Fsp3) is 0.571. The number of rotatable bonds is 5. The Morgan fingerprint density at radius 2 is 2.33 bits per heavy atom. The van der Waals surface area contributed by atoms with Crippen molar-refractivity contribution in [2.45, 2.75) is 19.9 Å². The van der Waals surface area contributed by atoms with Gasteiger partial charge in [-0.15, -0.1) is 11.3 Å². The van der Waals surface area contributed by atoms with Gasteiger partial charge in [-0.1, -0.05) is 6.92 Å². The van der Waals surface area contributed by atoms with Crippen LogP contribution in [-0.4, -0.2) is 19.9 Å². The summed E-state index contributed by atoms with van der Waals surface area (Å²) in [6.45, 7) is 4.78. The molecule has 15 heavy (non-hydrogen) atoms. The van der Waals surface area contributed by atoms with Crippen molar-refractivity contribution in [3.8, 4) is 0 Å². The third kappa shape index (κ3) is 4.12. The van der Waals surface area contributed by atoms with Gasteiger partial charge in [-0.2, -0.15) is 8.42 Å². The van der Waals surface area contributed by atoms with E-state index in [1.807, 2.05) is 13.8 Å². The molecule has 0 aliphatic carbocycles. The topological polar surface area (TPSA) is 97.1 Å². The zero-order valence-electron chi connectivity index (χ0n) is 8.52. The highest BCUT2D eigenvalue weighted by Gasteiger charge is 2.11. The summed E-state index contributed by atoms with van der Waals surface area (Å²) >= 11 is 1.21. The molecule has 0 aliphatic heterocycles. The lowest BCUT2D eigenvalue weighted by Crippen LogP contribution is -2.22. The molecule has 1 unspecified atom stereocenters. The van der Waals surface area contributed by atoms with Crippen molar-refractivity contribution in [1.82, 2.24) is 10.3 Å². The highest BCUT2D eigenvalue weighted by Crippen LogP contribution is 2.20. The van der Waals surface area contributed by atoms with Crippen LogP contribution >= 0.6 is 11.3 Å². The molecule has 8 heteroatoms. The summed E-state index contributed by atoms with van der Waals surface area (Å²) in [5.74, 6) is 0. The first kappa shape index (κ1) is 12.4. The Labute approximate surface area is 93.1 Å². The van der Waals surface area contributed by atoms with Crippen molar-refractivity contribution >= 4 is 26.7 Å². The Bertz CT molecular complexity index is 414. The second-order valence-electron chi connectivity index (χ2n) is 3.00. The quantitative estimate of drug-likeness (QED) is 0.706. The van der Waals surface area contributed by atoms with Crippen LogP contribution in [-0.2, 0) is 10.2 Å². The van der Waals surface area contributed by atoms with E-state index in [1.54, 1.807) is 5.38 Å². The molecular weight excluding hydrogens is 236 g/mol. The lowest BCUT2D eigenvalue weighted by molar-refractivity contribution is 0.586. The molecule has 1 rings (SSSR count). The molecule has 1 aromatic heterocycles. The van der Waals surface area contributed by atoms with E-state index >= 15 is 0 Å². The first-order valence-electron chi connectivity index (χ1n) is 4.41. The van der Waals surface area contributed by atoms with Gasteiger partial charge in [0.15, 0.2) is 5.13 Å². The minimum absolute atomic E-state index is 0.0993. The SMILES string of the molecule is CCNC(C)c1csc(NS(N)(=O)=O)n1. The van der Waals surface area contributed by atoms with E-state index in [4.69, 9.17) is 5.14 Å². The Morgan fingerprint density at radius 3 is 2.87 bits per heavy atom. The molecule has 0 amide bonds. The lowest BCUT2D eigenvalue weighted by atomic mass is 10.3. The van der Waals surface area contributed by atoms with E-state index in [-0.39, 0.29) is 11.2 Å². The molecule has 0 radical (unpaired) electrons. The van der Waals surface area contributed by atoms with Crippen LogP contribution in [0.15, 0.2) is 5.38 Å².